The molecule has 1 aromatic carbocycles. The van der Waals surface area contributed by atoms with Crippen molar-refractivity contribution in [3.05, 3.63) is 50.8 Å². The monoisotopic (exact) mass is 379 g/mol. The molecule has 0 radical (unpaired) electrons. The van der Waals surface area contributed by atoms with Gasteiger partial charge in [0.05, 0.1) is 0 Å². The number of sulfonamides is 1. The molecule has 0 saturated carbocycles. The summed E-state index contributed by atoms with van der Waals surface area (Å²) < 4.78 is 27.9. The number of rotatable bonds is 4. The fourth-order valence-corrected chi connectivity index (χ4v) is 5.39. The lowest BCUT2D eigenvalue weighted by Gasteiger charge is -2.14. The van der Waals surface area contributed by atoms with E-state index < -0.39 is 10.0 Å². The van der Waals surface area contributed by atoms with Crippen molar-refractivity contribution < 1.29 is 8.42 Å². The van der Waals surface area contributed by atoms with Gasteiger partial charge in [-0.15, -0.1) is 11.3 Å². The third kappa shape index (κ3) is 3.58. The summed E-state index contributed by atoms with van der Waals surface area (Å²) >= 11 is 10.3. The van der Waals surface area contributed by atoms with E-state index >= 15 is 0 Å². The van der Waals surface area contributed by atoms with Crippen LogP contribution < -0.4 is 4.72 Å². The van der Waals surface area contributed by atoms with E-state index in [-0.39, 0.29) is 10.3 Å². The van der Waals surface area contributed by atoms with Crippen LogP contribution in [0.3, 0.4) is 0 Å². The third-order valence-corrected chi connectivity index (χ3v) is 6.95. The van der Waals surface area contributed by atoms with Crippen molar-refractivity contribution >= 4 is 48.9 Å². The quantitative estimate of drug-likeness (QED) is 0.864. The highest BCUT2D eigenvalue weighted by molar-refractivity contribution is 9.10. The second-order valence-electron chi connectivity index (χ2n) is 3.95. The SMILES string of the molecule is CC(NS(=O)(=O)c1sccc1Br)c1cccc(Cl)c1. The number of hydrogen-bond donors (Lipinski definition) is 1. The maximum absolute atomic E-state index is 12.2. The lowest BCUT2D eigenvalue weighted by atomic mass is 10.1. The second kappa shape index (κ2) is 5.93. The number of nitrogens with one attached hydrogen (secondary N) is 1. The molecule has 1 aromatic heterocycles. The smallest absolute Gasteiger partial charge is 0.206 e. The van der Waals surface area contributed by atoms with Crippen LogP contribution in [0.5, 0.6) is 0 Å². The van der Waals surface area contributed by atoms with E-state index in [1.807, 2.05) is 6.07 Å². The Kier molecular flexibility index (Phi) is 4.68. The molecule has 0 saturated heterocycles. The minimum absolute atomic E-state index is 0.279. The summed E-state index contributed by atoms with van der Waals surface area (Å²) in [5.41, 5.74) is 0.823. The molecular weight excluding hydrogens is 370 g/mol. The predicted molar refractivity (Wildman–Crippen MR) is 82.2 cm³/mol. The first kappa shape index (κ1) is 15.0. The molecule has 0 aliphatic rings. The Morgan fingerprint density at radius 3 is 2.68 bits per heavy atom. The van der Waals surface area contributed by atoms with Crippen LogP contribution in [-0.4, -0.2) is 8.42 Å². The van der Waals surface area contributed by atoms with Crippen LogP contribution in [0.4, 0.5) is 0 Å². The molecule has 19 heavy (non-hydrogen) atoms. The van der Waals surface area contributed by atoms with Crippen molar-refractivity contribution in [2.75, 3.05) is 0 Å². The molecule has 1 unspecified atom stereocenters. The Hall–Kier alpha value is -0.400. The average molecular weight is 381 g/mol. The van der Waals surface area contributed by atoms with Crippen LogP contribution in [-0.2, 0) is 10.0 Å². The van der Waals surface area contributed by atoms with Gasteiger partial charge in [-0.3, -0.25) is 0 Å². The van der Waals surface area contributed by atoms with Crippen LogP contribution >= 0.6 is 38.9 Å². The van der Waals surface area contributed by atoms with Gasteiger partial charge in [-0.2, -0.15) is 0 Å². The first-order valence-electron chi connectivity index (χ1n) is 5.41. The Labute approximate surface area is 129 Å². The lowest BCUT2D eigenvalue weighted by molar-refractivity contribution is 0.568. The minimum atomic E-state index is -3.53. The summed E-state index contributed by atoms with van der Waals surface area (Å²) in [6, 6.07) is 8.49. The second-order valence-corrected chi connectivity index (χ2v) is 8.07. The van der Waals surface area contributed by atoms with Crippen LogP contribution in [0.25, 0.3) is 0 Å². The standard InChI is InChI=1S/C12H11BrClNO2S2/c1-8(9-3-2-4-10(14)7-9)15-19(16,17)12-11(13)5-6-18-12/h2-8,15H,1H3. The summed E-state index contributed by atoms with van der Waals surface area (Å²) in [4.78, 5) is 0. The Bertz CT molecular complexity index is 685. The molecule has 102 valence electrons. The highest BCUT2D eigenvalue weighted by atomic mass is 79.9. The molecule has 0 spiro atoms. The first-order valence-corrected chi connectivity index (χ1v) is 8.94. The fraction of sp³-hybridized carbons (Fsp3) is 0.167. The Morgan fingerprint density at radius 1 is 1.37 bits per heavy atom. The summed E-state index contributed by atoms with van der Waals surface area (Å²) in [6.45, 7) is 1.78. The van der Waals surface area contributed by atoms with E-state index in [9.17, 15) is 8.42 Å². The maximum atomic E-state index is 12.2. The minimum Gasteiger partial charge on any atom is -0.206 e. The summed E-state index contributed by atoms with van der Waals surface area (Å²) in [5, 5.41) is 2.31. The molecule has 3 nitrogen and oxygen atoms in total. The first-order chi connectivity index (χ1) is 8.90. The summed E-state index contributed by atoms with van der Waals surface area (Å²) in [5.74, 6) is 0. The average Bonchev–Trinajstić information content (AvgIpc) is 2.75. The van der Waals surface area contributed by atoms with Crippen LogP contribution in [0, 0.1) is 0 Å². The molecule has 2 rings (SSSR count). The fourth-order valence-electron chi connectivity index (χ4n) is 1.60. The van der Waals surface area contributed by atoms with Crippen LogP contribution in [0.1, 0.15) is 18.5 Å². The normalized spacial score (nSPS) is 13.4. The van der Waals surface area contributed by atoms with Crippen molar-refractivity contribution in [2.45, 2.75) is 17.2 Å². The van der Waals surface area contributed by atoms with E-state index in [2.05, 4.69) is 20.7 Å². The van der Waals surface area contributed by atoms with Gasteiger partial charge in [-0.1, -0.05) is 23.7 Å². The van der Waals surface area contributed by atoms with Crippen LogP contribution in [0.2, 0.25) is 5.02 Å². The highest BCUT2D eigenvalue weighted by Crippen LogP contribution is 2.29. The molecule has 0 bridgehead atoms. The van der Waals surface area contributed by atoms with Crippen molar-refractivity contribution in [3.8, 4) is 0 Å². The van der Waals surface area contributed by atoms with E-state index in [1.165, 1.54) is 11.3 Å². The summed E-state index contributed by atoms with van der Waals surface area (Å²) in [6.07, 6.45) is 0. The molecule has 0 fully saturated rings. The molecule has 1 heterocycles. The van der Waals surface area contributed by atoms with Crippen LogP contribution in [0.15, 0.2) is 44.4 Å². The lowest BCUT2D eigenvalue weighted by Crippen LogP contribution is -2.26. The van der Waals surface area contributed by atoms with E-state index in [0.29, 0.717) is 9.50 Å². The van der Waals surface area contributed by atoms with Gasteiger partial charge in [-0.25, -0.2) is 13.1 Å². The van der Waals surface area contributed by atoms with Crippen molar-refractivity contribution in [1.82, 2.24) is 4.72 Å². The molecule has 7 heteroatoms. The zero-order chi connectivity index (χ0) is 14.0. The van der Waals surface area contributed by atoms with Gasteiger partial charge < -0.3 is 0 Å². The molecule has 0 aliphatic heterocycles. The maximum Gasteiger partial charge on any atom is 0.251 e. The number of halogens is 2. The topological polar surface area (TPSA) is 46.2 Å². The highest BCUT2D eigenvalue weighted by Gasteiger charge is 2.22. The Morgan fingerprint density at radius 2 is 2.11 bits per heavy atom. The zero-order valence-corrected chi connectivity index (χ0v) is 13.9. The van der Waals surface area contributed by atoms with Crippen molar-refractivity contribution in [2.24, 2.45) is 0 Å². The molecule has 1 N–H and O–H groups in total. The molecule has 0 aliphatic carbocycles. The molecule has 0 amide bonds. The van der Waals surface area contributed by atoms with Gasteiger partial charge in [-0.05, 0) is 52.0 Å². The van der Waals surface area contributed by atoms with Gasteiger partial charge in [0.2, 0.25) is 0 Å². The van der Waals surface area contributed by atoms with Gasteiger partial charge in [0.1, 0.15) is 4.21 Å². The van der Waals surface area contributed by atoms with E-state index in [1.54, 1.807) is 36.6 Å². The van der Waals surface area contributed by atoms with Gasteiger partial charge in [0.15, 0.2) is 0 Å². The Balaban J connectivity index is 2.24. The van der Waals surface area contributed by atoms with E-state index in [4.69, 9.17) is 11.6 Å². The summed E-state index contributed by atoms with van der Waals surface area (Å²) in [7, 11) is -3.53. The van der Waals surface area contributed by atoms with Gasteiger partial charge in [0, 0.05) is 15.5 Å². The van der Waals surface area contributed by atoms with Crippen molar-refractivity contribution in [1.29, 1.82) is 0 Å². The van der Waals surface area contributed by atoms with Gasteiger partial charge in [0.25, 0.3) is 10.0 Å². The van der Waals surface area contributed by atoms with E-state index in [0.717, 1.165) is 5.56 Å². The number of thiophene rings is 1. The van der Waals surface area contributed by atoms with Gasteiger partial charge >= 0.3 is 0 Å². The molecule has 2 aromatic rings. The zero-order valence-electron chi connectivity index (χ0n) is 9.93. The van der Waals surface area contributed by atoms with Crippen molar-refractivity contribution in [3.63, 3.8) is 0 Å². The third-order valence-electron chi connectivity index (χ3n) is 2.51. The molecular formula is C12H11BrClNO2S2. The molecule has 1 atom stereocenters. The predicted octanol–water partition coefficient (Wildman–Crippen LogP) is 4.20. The number of benzene rings is 1. The largest absolute Gasteiger partial charge is 0.251 e. The number of hydrogen-bond acceptors (Lipinski definition) is 3.